The fourth-order valence-corrected chi connectivity index (χ4v) is 1.76. The molecule has 0 amide bonds. The number of halogens is 3. The fraction of sp³-hybridized carbons (Fsp3) is 0.300. The van der Waals surface area contributed by atoms with Crippen LogP contribution in [-0.2, 0) is 10.3 Å². The van der Waals surface area contributed by atoms with Crippen molar-refractivity contribution in [2.45, 2.75) is 18.4 Å². The highest BCUT2D eigenvalue weighted by molar-refractivity contribution is 6.32. The van der Waals surface area contributed by atoms with Crippen LogP contribution in [0.15, 0.2) is 11.1 Å². The van der Waals surface area contributed by atoms with Gasteiger partial charge in [-0.05, 0) is 18.9 Å². The van der Waals surface area contributed by atoms with Crippen molar-refractivity contribution < 1.29 is 18.7 Å². The van der Waals surface area contributed by atoms with Gasteiger partial charge < -0.3 is 5.11 Å². The van der Waals surface area contributed by atoms with Crippen molar-refractivity contribution in [2.24, 2.45) is 4.99 Å². The lowest BCUT2D eigenvalue weighted by molar-refractivity contribution is 0.401. The zero-order valence-electron chi connectivity index (χ0n) is 7.93. The topological polar surface area (TPSA) is 49.7 Å². The van der Waals surface area contributed by atoms with E-state index in [0.29, 0.717) is 12.8 Å². The van der Waals surface area contributed by atoms with Crippen LogP contribution in [-0.4, -0.2) is 11.2 Å². The zero-order valence-corrected chi connectivity index (χ0v) is 8.68. The Labute approximate surface area is 94.4 Å². The molecule has 1 saturated carbocycles. The number of carbonyl (C=O) groups excluding carboxylic acids is 1. The number of nitrogens with zero attached hydrogens (tertiary/aromatic N) is 1. The Balaban J connectivity index is 2.63. The Morgan fingerprint density at radius 3 is 2.56 bits per heavy atom. The Morgan fingerprint density at radius 1 is 1.44 bits per heavy atom. The fourth-order valence-electron chi connectivity index (χ4n) is 1.57. The van der Waals surface area contributed by atoms with Crippen molar-refractivity contribution in [1.82, 2.24) is 0 Å². The molecule has 0 aliphatic heterocycles. The molecule has 0 atom stereocenters. The molecule has 3 nitrogen and oxygen atoms in total. The maximum Gasteiger partial charge on any atom is 0.235 e. The number of phenols is 1. The van der Waals surface area contributed by atoms with Crippen molar-refractivity contribution in [1.29, 1.82) is 0 Å². The van der Waals surface area contributed by atoms with E-state index in [9.17, 15) is 13.6 Å². The first-order valence-corrected chi connectivity index (χ1v) is 4.85. The van der Waals surface area contributed by atoms with Crippen LogP contribution in [0, 0.1) is 11.6 Å². The minimum absolute atomic E-state index is 0.115. The number of aliphatic imine (C=N–C) groups is 1. The van der Waals surface area contributed by atoms with Gasteiger partial charge in [0.25, 0.3) is 0 Å². The summed E-state index contributed by atoms with van der Waals surface area (Å²) in [5.41, 5.74) is -1.17. The smallest absolute Gasteiger partial charge is 0.235 e. The minimum Gasteiger partial charge on any atom is -0.504 e. The number of isocyanates is 1. The summed E-state index contributed by atoms with van der Waals surface area (Å²) in [6.07, 6.45) is 2.19. The Kier molecular flexibility index (Phi) is 2.45. The molecule has 1 fully saturated rings. The Morgan fingerprint density at radius 2 is 2.06 bits per heavy atom. The van der Waals surface area contributed by atoms with Gasteiger partial charge in [0.2, 0.25) is 11.9 Å². The summed E-state index contributed by atoms with van der Waals surface area (Å²) >= 11 is 5.53. The van der Waals surface area contributed by atoms with Crippen LogP contribution in [0.5, 0.6) is 5.75 Å². The van der Waals surface area contributed by atoms with Crippen LogP contribution in [0.25, 0.3) is 0 Å². The quantitative estimate of drug-likeness (QED) is 0.495. The van der Waals surface area contributed by atoms with E-state index in [2.05, 4.69) is 4.99 Å². The lowest BCUT2D eigenvalue weighted by Gasteiger charge is -2.11. The summed E-state index contributed by atoms with van der Waals surface area (Å²) in [6.45, 7) is 0. The average molecular weight is 246 g/mol. The van der Waals surface area contributed by atoms with E-state index < -0.39 is 22.9 Å². The summed E-state index contributed by atoms with van der Waals surface area (Å²) in [5, 5.41) is 8.77. The molecule has 84 valence electrons. The first-order chi connectivity index (χ1) is 7.52. The van der Waals surface area contributed by atoms with Crippen molar-refractivity contribution in [3.05, 3.63) is 28.3 Å². The molecular formula is C10H6ClF2NO2. The predicted molar refractivity (Wildman–Crippen MR) is 52.1 cm³/mol. The van der Waals surface area contributed by atoms with Crippen LogP contribution in [0.2, 0.25) is 5.02 Å². The maximum atomic E-state index is 13.5. The van der Waals surface area contributed by atoms with Gasteiger partial charge >= 0.3 is 0 Å². The molecule has 0 bridgehead atoms. The minimum atomic E-state index is -1.42. The third kappa shape index (κ3) is 1.49. The van der Waals surface area contributed by atoms with E-state index in [0.717, 1.165) is 6.07 Å². The lowest BCUT2D eigenvalue weighted by Crippen LogP contribution is -2.07. The number of benzene rings is 1. The second-order valence-electron chi connectivity index (χ2n) is 3.62. The summed E-state index contributed by atoms with van der Waals surface area (Å²) in [6, 6.07) is 1.09. The third-order valence-corrected chi connectivity index (χ3v) is 2.91. The summed E-state index contributed by atoms with van der Waals surface area (Å²) in [4.78, 5) is 13.6. The molecule has 2 rings (SSSR count). The van der Waals surface area contributed by atoms with E-state index in [1.165, 1.54) is 6.08 Å². The van der Waals surface area contributed by atoms with Gasteiger partial charge in [-0.25, -0.2) is 9.18 Å². The van der Waals surface area contributed by atoms with Crippen molar-refractivity contribution >= 4 is 17.7 Å². The van der Waals surface area contributed by atoms with Crippen molar-refractivity contribution in [3.63, 3.8) is 0 Å². The molecule has 0 aromatic heterocycles. The SMILES string of the molecule is O=C=NC1(c2cc(Cl)c(O)c(F)c2F)CC1. The van der Waals surface area contributed by atoms with Gasteiger partial charge in [-0.15, -0.1) is 0 Å². The van der Waals surface area contributed by atoms with Crippen molar-refractivity contribution in [3.8, 4) is 5.75 Å². The average Bonchev–Trinajstić information content (AvgIpc) is 3.02. The van der Waals surface area contributed by atoms with E-state index in [1.54, 1.807) is 0 Å². The lowest BCUT2D eigenvalue weighted by atomic mass is 10.0. The summed E-state index contributed by atoms with van der Waals surface area (Å²) in [7, 11) is 0. The molecule has 0 radical (unpaired) electrons. The zero-order chi connectivity index (χ0) is 11.9. The van der Waals surface area contributed by atoms with Gasteiger partial charge in [-0.3, -0.25) is 0 Å². The monoisotopic (exact) mass is 245 g/mol. The second kappa shape index (κ2) is 3.54. The number of rotatable bonds is 2. The number of aromatic hydroxyl groups is 1. The molecule has 0 spiro atoms. The summed E-state index contributed by atoms with van der Waals surface area (Å²) in [5.74, 6) is -3.58. The Hall–Kier alpha value is -1.45. The highest BCUT2D eigenvalue weighted by Crippen LogP contribution is 2.51. The standard InChI is InChI=1S/C10H6ClF2NO2/c11-6-3-5(7(12)8(13)9(6)16)10(1-2-10)14-4-15/h3,16H,1-2H2. The molecular weight excluding hydrogens is 240 g/mol. The molecule has 1 aromatic rings. The molecule has 6 heteroatoms. The molecule has 1 N–H and O–H groups in total. The van der Waals surface area contributed by atoms with Crippen LogP contribution in [0.1, 0.15) is 18.4 Å². The number of hydrogen-bond donors (Lipinski definition) is 1. The molecule has 0 heterocycles. The van der Waals surface area contributed by atoms with E-state index in [1.807, 2.05) is 0 Å². The van der Waals surface area contributed by atoms with Crippen LogP contribution in [0.4, 0.5) is 8.78 Å². The van der Waals surface area contributed by atoms with E-state index in [4.69, 9.17) is 16.7 Å². The largest absolute Gasteiger partial charge is 0.504 e. The van der Waals surface area contributed by atoms with E-state index >= 15 is 0 Å². The highest BCUT2D eigenvalue weighted by Gasteiger charge is 2.48. The van der Waals surface area contributed by atoms with Gasteiger partial charge in [-0.1, -0.05) is 11.6 Å². The molecule has 1 aromatic carbocycles. The normalized spacial score (nSPS) is 16.7. The van der Waals surface area contributed by atoms with Crippen LogP contribution in [0.3, 0.4) is 0 Å². The van der Waals surface area contributed by atoms with Gasteiger partial charge in [-0.2, -0.15) is 9.38 Å². The Bertz CT molecular complexity index is 508. The van der Waals surface area contributed by atoms with Crippen LogP contribution < -0.4 is 0 Å². The molecule has 1 aliphatic rings. The molecule has 16 heavy (non-hydrogen) atoms. The molecule has 1 aliphatic carbocycles. The maximum absolute atomic E-state index is 13.5. The highest BCUT2D eigenvalue weighted by atomic mass is 35.5. The number of phenolic OH excluding ortho intramolecular Hbond substituents is 1. The van der Waals surface area contributed by atoms with Gasteiger partial charge in [0.15, 0.2) is 11.6 Å². The predicted octanol–water partition coefficient (Wildman–Crippen LogP) is 2.65. The van der Waals surface area contributed by atoms with Crippen LogP contribution >= 0.6 is 11.6 Å². The summed E-state index contributed by atoms with van der Waals surface area (Å²) < 4.78 is 26.7. The van der Waals surface area contributed by atoms with E-state index in [-0.39, 0.29) is 10.6 Å². The second-order valence-corrected chi connectivity index (χ2v) is 4.02. The third-order valence-electron chi connectivity index (χ3n) is 2.62. The van der Waals surface area contributed by atoms with Gasteiger partial charge in [0, 0.05) is 5.56 Å². The molecule has 0 saturated heterocycles. The first-order valence-electron chi connectivity index (χ1n) is 4.48. The van der Waals surface area contributed by atoms with Crippen molar-refractivity contribution in [2.75, 3.05) is 0 Å². The van der Waals surface area contributed by atoms with Gasteiger partial charge in [0.1, 0.15) is 5.54 Å². The van der Waals surface area contributed by atoms with Gasteiger partial charge in [0.05, 0.1) is 5.02 Å². The molecule has 0 unspecified atom stereocenters. The number of hydrogen-bond acceptors (Lipinski definition) is 3. The first kappa shape index (κ1) is 11.0.